The number of carboxylic acids is 1. The van der Waals surface area contributed by atoms with Crippen molar-refractivity contribution in [3.8, 4) is 0 Å². The molecule has 0 fully saturated rings. The molecule has 0 saturated heterocycles. The number of carboxylic acid groups (broad SMARTS) is 1. The van der Waals surface area contributed by atoms with Gasteiger partial charge < -0.3 is 10.8 Å². The molecule has 11 heavy (non-hydrogen) atoms. The number of rotatable bonds is 3. The van der Waals surface area contributed by atoms with E-state index in [0.29, 0.717) is 0 Å². The standard InChI is InChI=1S/C7H13NO3/c1-4(2)7(3,5(8)9)6(10)11/h4H,1-3H3,(H2,8,9)(H,10,11). The van der Waals surface area contributed by atoms with Crippen LogP contribution in [0.5, 0.6) is 0 Å². The average molecular weight is 159 g/mol. The van der Waals surface area contributed by atoms with E-state index in [4.69, 9.17) is 10.8 Å². The monoisotopic (exact) mass is 159 g/mol. The number of carbonyl (C=O) groups is 2. The smallest absolute Gasteiger partial charge is 0.319 e. The van der Waals surface area contributed by atoms with Gasteiger partial charge in [0.1, 0.15) is 5.41 Å². The Labute approximate surface area is 65.4 Å². The summed E-state index contributed by atoms with van der Waals surface area (Å²) >= 11 is 0. The van der Waals surface area contributed by atoms with E-state index in [1.807, 2.05) is 0 Å². The van der Waals surface area contributed by atoms with Gasteiger partial charge in [-0.25, -0.2) is 0 Å². The molecule has 0 aliphatic carbocycles. The Kier molecular flexibility index (Phi) is 2.62. The van der Waals surface area contributed by atoms with E-state index in [0.717, 1.165) is 0 Å². The molecular formula is C7H13NO3. The van der Waals surface area contributed by atoms with Crippen LogP contribution in [0.4, 0.5) is 0 Å². The van der Waals surface area contributed by atoms with Crippen molar-refractivity contribution in [3.05, 3.63) is 0 Å². The van der Waals surface area contributed by atoms with Crippen molar-refractivity contribution in [2.45, 2.75) is 20.8 Å². The third-order valence-corrected chi connectivity index (χ3v) is 2.11. The maximum absolute atomic E-state index is 10.7. The number of nitrogens with two attached hydrogens (primary N) is 1. The van der Waals surface area contributed by atoms with Crippen LogP contribution in [0, 0.1) is 11.3 Å². The van der Waals surface area contributed by atoms with Gasteiger partial charge in [-0.3, -0.25) is 9.59 Å². The first-order valence-corrected chi connectivity index (χ1v) is 3.36. The first-order chi connectivity index (χ1) is 4.83. The maximum atomic E-state index is 10.7. The lowest BCUT2D eigenvalue weighted by Crippen LogP contribution is -2.45. The summed E-state index contributed by atoms with van der Waals surface area (Å²) in [6.45, 7) is 4.64. The van der Waals surface area contributed by atoms with Gasteiger partial charge in [-0.05, 0) is 12.8 Å². The second-order valence-electron chi connectivity index (χ2n) is 3.03. The van der Waals surface area contributed by atoms with Crippen LogP contribution in [0.15, 0.2) is 0 Å². The van der Waals surface area contributed by atoms with E-state index in [9.17, 15) is 9.59 Å². The lowest BCUT2D eigenvalue weighted by Gasteiger charge is -2.24. The predicted octanol–water partition coefficient (Wildman–Crippen LogP) is 0.219. The van der Waals surface area contributed by atoms with Crippen molar-refractivity contribution in [1.29, 1.82) is 0 Å². The second kappa shape index (κ2) is 2.90. The van der Waals surface area contributed by atoms with Crippen molar-refractivity contribution >= 4 is 11.9 Å². The molecule has 0 heterocycles. The van der Waals surface area contributed by atoms with E-state index in [1.54, 1.807) is 13.8 Å². The Morgan fingerprint density at radius 3 is 1.82 bits per heavy atom. The highest BCUT2D eigenvalue weighted by Crippen LogP contribution is 2.26. The van der Waals surface area contributed by atoms with Gasteiger partial charge in [-0.2, -0.15) is 0 Å². The molecule has 3 N–H and O–H groups in total. The number of aliphatic carboxylic acids is 1. The Balaban J connectivity index is 4.82. The fourth-order valence-corrected chi connectivity index (χ4v) is 0.637. The van der Waals surface area contributed by atoms with E-state index >= 15 is 0 Å². The maximum Gasteiger partial charge on any atom is 0.319 e. The summed E-state index contributed by atoms with van der Waals surface area (Å²) in [4.78, 5) is 21.3. The second-order valence-corrected chi connectivity index (χ2v) is 3.03. The third kappa shape index (κ3) is 1.50. The first-order valence-electron chi connectivity index (χ1n) is 3.36. The van der Waals surface area contributed by atoms with E-state index < -0.39 is 17.3 Å². The molecule has 1 atom stereocenters. The molecule has 1 unspecified atom stereocenters. The molecule has 0 aliphatic rings. The summed E-state index contributed by atoms with van der Waals surface area (Å²) in [5.74, 6) is -2.25. The minimum atomic E-state index is -1.44. The Hall–Kier alpha value is -1.06. The minimum Gasteiger partial charge on any atom is -0.480 e. The van der Waals surface area contributed by atoms with Crippen LogP contribution in [-0.4, -0.2) is 17.0 Å². The first kappa shape index (κ1) is 9.94. The van der Waals surface area contributed by atoms with Crippen LogP contribution < -0.4 is 5.73 Å². The fourth-order valence-electron chi connectivity index (χ4n) is 0.637. The largest absolute Gasteiger partial charge is 0.480 e. The van der Waals surface area contributed by atoms with Crippen LogP contribution >= 0.6 is 0 Å². The molecular weight excluding hydrogens is 146 g/mol. The molecule has 0 aromatic carbocycles. The zero-order valence-corrected chi connectivity index (χ0v) is 6.92. The Morgan fingerprint density at radius 2 is 1.82 bits per heavy atom. The highest BCUT2D eigenvalue weighted by atomic mass is 16.4. The van der Waals surface area contributed by atoms with Gasteiger partial charge in [0.05, 0.1) is 0 Å². The van der Waals surface area contributed by atoms with Crippen molar-refractivity contribution < 1.29 is 14.7 Å². The molecule has 4 nitrogen and oxygen atoms in total. The molecule has 1 amide bonds. The summed E-state index contributed by atoms with van der Waals surface area (Å²) in [5, 5.41) is 8.67. The molecule has 64 valence electrons. The normalized spacial score (nSPS) is 16.0. The molecule has 0 rings (SSSR count). The van der Waals surface area contributed by atoms with Crippen LogP contribution in [0.25, 0.3) is 0 Å². The number of carbonyl (C=O) groups excluding carboxylic acids is 1. The fraction of sp³-hybridized carbons (Fsp3) is 0.714. The van der Waals surface area contributed by atoms with Gasteiger partial charge in [-0.1, -0.05) is 13.8 Å². The summed E-state index contributed by atoms with van der Waals surface area (Å²) < 4.78 is 0. The lowest BCUT2D eigenvalue weighted by atomic mass is 9.78. The van der Waals surface area contributed by atoms with Gasteiger partial charge in [0.15, 0.2) is 0 Å². The summed E-state index contributed by atoms with van der Waals surface area (Å²) in [5.41, 5.74) is 3.51. The molecule has 0 aromatic heterocycles. The average Bonchev–Trinajstić information content (AvgIpc) is 1.84. The molecule has 0 radical (unpaired) electrons. The topological polar surface area (TPSA) is 80.4 Å². The van der Waals surface area contributed by atoms with Gasteiger partial charge in [0.2, 0.25) is 5.91 Å². The van der Waals surface area contributed by atoms with E-state index in [-0.39, 0.29) is 5.92 Å². The number of hydrogen-bond acceptors (Lipinski definition) is 2. The molecule has 4 heteroatoms. The van der Waals surface area contributed by atoms with Crippen LogP contribution in [-0.2, 0) is 9.59 Å². The quantitative estimate of drug-likeness (QED) is 0.578. The van der Waals surface area contributed by atoms with Gasteiger partial charge >= 0.3 is 5.97 Å². The lowest BCUT2D eigenvalue weighted by molar-refractivity contribution is -0.156. The molecule has 0 bridgehead atoms. The molecule has 0 aromatic rings. The zero-order chi connectivity index (χ0) is 9.23. The van der Waals surface area contributed by atoms with Crippen LogP contribution in [0.1, 0.15) is 20.8 Å². The number of primary amides is 1. The summed E-state index contributed by atoms with van der Waals surface area (Å²) in [6, 6.07) is 0. The van der Waals surface area contributed by atoms with Gasteiger partial charge in [0, 0.05) is 0 Å². The third-order valence-electron chi connectivity index (χ3n) is 2.11. The molecule has 0 aliphatic heterocycles. The Bertz CT molecular complexity index is 172. The Morgan fingerprint density at radius 1 is 1.45 bits per heavy atom. The van der Waals surface area contributed by atoms with Crippen molar-refractivity contribution in [1.82, 2.24) is 0 Å². The van der Waals surface area contributed by atoms with Gasteiger partial charge in [-0.15, -0.1) is 0 Å². The minimum absolute atomic E-state index is 0.294. The number of amides is 1. The van der Waals surface area contributed by atoms with Crippen LogP contribution in [0.3, 0.4) is 0 Å². The van der Waals surface area contributed by atoms with Crippen molar-refractivity contribution in [3.63, 3.8) is 0 Å². The van der Waals surface area contributed by atoms with E-state index in [2.05, 4.69) is 0 Å². The molecule has 0 saturated carbocycles. The van der Waals surface area contributed by atoms with Crippen molar-refractivity contribution in [2.75, 3.05) is 0 Å². The van der Waals surface area contributed by atoms with E-state index in [1.165, 1.54) is 6.92 Å². The highest BCUT2D eigenvalue weighted by Gasteiger charge is 2.42. The summed E-state index contributed by atoms with van der Waals surface area (Å²) in [6.07, 6.45) is 0. The molecule has 0 spiro atoms. The SMILES string of the molecule is CC(C)C(C)(C(N)=O)C(=O)O. The summed E-state index contributed by atoms with van der Waals surface area (Å²) in [7, 11) is 0. The van der Waals surface area contributed by atoms with Crippen LogP contribution in [0.2, 0.25) is 0 Å². The zero-order valence-electron chi connectivity index (χ0n) is 6.92. The van der Waals surface area contributed by atoms with Gasteiger partial charge in [0.25, 0.3) is 0 Å². The van der Waals surface area contributed by atoms with Crippen molar-refractivity contribution in [2.24, 2.45) is 17.1 Å². The number of hydrogen-bond donors (Lipinski definition) is 2. The highest BCUT2D eigenvalue weighted by molar-refractivity contribution is 6.00. The predicted molar refractivity (Wildman–Crippen MR) is 39.8 cm³/mol.